The number of likely N-dealkylation sites (tertiary alicyclic amines) is 1. The average molecular weight is 227 g/mol. The molecule has 0 radical (unpaired) electrons. The molecule has 90 valence electrons. The summed E-state index contributed by atoms with van der Waals surface area (Å²) in [6, 6.07) is -0.463. The van der Waals surface area contributed by atoms with E-state index in [0.717, 1.165) is 6.42 Å². The third kappa shape index (κ3) is 3.03. The van der Waals surface area contributed by atoms with Gasteiger partial charge in [0.05, 0.1) is 13.1 Å². The molecule has 1 aliphatic heterocycles. The smallest absolute Gasteiger partial charge is 0.243 e. The summed E-state index contributed by atoms with van der Waals surface area (Å²) in [6.45, 7) is 1.89. The van der Waals surface area contributed by atoms with Crippen molar-refractivity contribution in [3.63, 3.8) is 0 Å². The Bertz CT molecular complexity index is 304. The number of hydrogen-bond acceptors (Lipinski definition) is 4. The van der Waals surface area contributed by atoms with Crippen LogP contribution in [-0.2, 0) is 14.4 Å². The van der Waals surface area contributed by atoms with Crippen molar-refractivity contribution in [1.82, 2.24) is 10.2 Å². The molecule has 1 rings (SSSR count). The second-order valence-corrected chi connectivity index (χ2v) is 3.87. The monoisotopic (exact) mass is 227 g/mol. The van der Waals surface area contributed by atoms with E-state index in [1.54, 1.807) is 0 Å². The Labute approximate surface area is 94.2 Å². The summed E-state index contributed by atoms with van der Waals surface area (Å²) in [6.07, 6.45) is 1.43. The van der Waals surface area contributed by atoms with Gasteiger partial charge in [-0.3, -0.25) is 14.4 Å². The molecule has 0 bridgehead atoms. The van der Waals surface area contributed by atoms with Gasteiger partial charge in [0.2, 0.25) is 11.8 Å². The molecule has 2 amide bonds. The fraction of sp³-hybridized carbons (Fsp3) is 0.700. The molecule has 1 atom stereocenters. The van der Waals surface area contributed by atoms with Crippen LogP contribution in [0.4, 0.5) is 0 Å². The summed E-state index contributed by atoms with van der Waals surface area (Å²) in [5, 5.41) is 2.51. The highest BCUT2D eigenvalue weighted by Crippen LogP contribution is 2.16. The van der Waals surface area contributed by atoms with Crippen LogP contribution in [0, 0.1) is 0 Å². The molecule has 16 heavy (non-hydrogen) atoms. The van der Waals surface area contributed by atoms with Crippen LogP contribution >= 0.6 is 0 Å². The molecular formula is C10H17N3O3. The third-order valence-electron chi connectivity index (χ3n) is 2.56. The molecule has 0 spiro atoms. The highest BCUT2D eigenvalue weighted by molar-refractivity contribution is 5.91. The lowest BCUT2D eigenvalue weighted by Gasteiger charge is -2.23. The SMILES string of the molecule is CC(=O)CNC(=O)C1CCCN1C(=O)CN. The van der Waals surface area contributed by atoms with Crippen LogP contribution in [0.5, 0.6) is 0 Å². The zero-order chi connectivity index (χ0) is 12.1. The lowest BCUT2D eigenvalue weighted by molar-refractivity contribution is -0.137. The molecule has 1 aliphatic rings. The zero-order valence-corrected chi connectivity index (χ0v) is 9.36. The van der Waals surface area contributed by atoms with Crippen LogP contribution in [-0.4, -0.2) is 48.2 Å². The molecule has 0 aliphatic carbocycles. The second kappa shape index (κ2) is 5.60. The van der Waals surface area contributed by atoms with Crippen LogP contribution in [0.15, 0.2) is 0 Å². The molecule has 1 unspecified atom stereocenters. The van der Waals surface area contributed by atoms with Crippen molar-refractivity contribution >= 4 is 17.6 Å². The van der Waals surface area contributed by atoms with Crippen LogP contribution in [0.1, 0.15) is 19.8 Å². The van der Waals surface area contributed by atoms with E-state index in [-0.39, 0.29) is 30.7 Å². The maximum atomic E-state index is 11.7. The number of carbonyl (C=O) groups excluding carboxylic acids is 3. The number of Topliss-reactive ketones (excluding diaryl/α,β-unsaturated/α-hetero) is 1. The van der Waals surface area contributed by atoms with Crippen LogP contribution < -0.4 is 11.1 Å². The largest absolute Gasteiger partial charge is 0.347 e. The summed E-state index contributed by atoms with van der Waals surface area (Å²) in [5.74, 6) is -0.599. The van der Waals surface area contributed by atoms with Crippen LogP contribution in [0.3, 0.4) is 0 Å². The Morgan fingerprint density at radius 2 is 2.12 bits per heavy atom. The number of hydrogen-bond donors (Lipinski definition) is 2. The first-order valence-electron chi connectivity index (χ1n) is 5.33. The number of ketones is 1. The summed E-state index contributed by atoms with van der Waals surface area (Å²) in [7, 11) is 0. The molecule has 6 heteroatoms. The minimum atomic E-state index is -0.463. The van der Waals surface area contributed by atoms with Gasteiger partial charge in [-0.2, -0.15) is 0 Å². The Hall–Kier alpha value is -1.43. The molecule has 3 N–H and O–H groups in total. The molecule has 0 aromatic heterocycles. The summed E-state index contributed by atoms with van der Waals surface area (Å²) in [4.78, 5) is 35.3. The minimum Gasteiger partial charge on any atom is -0.347 e. The first-order valence-corrected chi connectivity index (χ1v) is 5.33. The lowest BCUT2D eigenvalue weighted by Crippen LogP contribution is -2.48. The van der Waals surface area contributed by atoms with Gasteiger partial charge in [-0.25, -0.2) is 0 Å². The van der Waals surface area contributed by atoms with Gasteiger partial charge in [0.1, 0.15) is 11.8 Å². The number of rotatable bonds is 4. The fourth-order valence-corrected chi connectivity index (χ4v) is 1.78. The van der Waals surface area contributed by atoms with Gasteiger partial charge >= 0.3 is 0 Å². The molecule has 1 heterocycles. The predicted molar refractivity (Wildman–Crippen MR) is 57.5 cm³/mol. The van der Waals surface area contributed by atoms with Gasteiger partial charge in [-0.1, -0.05) is 0 Å². The Kier molecular flexibility index (Phi) is 4.42. The van der Waals surface area contributed by atoms with E-state index in [1.807, 2.05) is 0 Å². The number of nitrogens with zero attached hydrogens (tertiary/aromatic N) is 1. The van der Waals surface area contributed by atoms with Crippen molar-refractivity contribution in [3.8, 4) is 0 Å². The molecular weight excluding hydrogens is 210 g/mol. The van der Waals surface area contributed by atoms with Gasteiger partial charge in [0.15, 0.2) is 0 Å². The van der Waals surface area contributed by atoms with Crippen molar-refractivity contribution < 1.29 is 14.4 Å². The van der Waals surface area contributed by atoms with Gasteiger partial charge < -0.3 is 16.0 Å². The van der Waals surface area contributed by atoms with Crippen molar-refractivity contribution in [1.29, 1.82) is 0 Å². The van der Waals surface area contributed by atoms with E-state index in [1.165, 1.54) is 11.8 Å². The molecule has 0 aromatic carbocycles. The highest BCUT2D eigenvalue weighted by Gasteiger charge is 2.33. The summed E-state index contributed by atoms with van der Waals surface area (Å²) >= 11 is 0. The first-order chi connectivity index (χ1) is 7.56. The van der Waals surface area contributed by atoms with Crippen LogP contribution in [0.2, 0.25) is 0 Å². The number of nitrogens with two attached hydrogens (primary N) is 1. The maximum absolute atomic E-state index is 11.7. The van der Waals surface area contributed by atoms with Gasteiger partial charge in [0, 0.05) is 6.54 Å². The summed E-state index contributed by atoms with van der Waals surface area (Å²) in [5.41, 5.74) is 5.26. The standard InChI is InChI=1S/C10H17N3O3/c1-7(14)6-12-10(16)8-3-2-4-13(8)9(15)5-11/h8H,2-6,11H2,1H3,(H,12,16). The van der Waals surface area contributed by atoms with Crippen molar-refractivity contribution in [3.05, 3.63) is 0 Å². The number of amides is 2. The first kappa shape index (κ1) is 12.6. The van der Waals surface area contributed by atoms with E-state index >= 15 is 0 Å². The van der Waals surface area contributed by atoms with Crippen LogP contribution in [0.25, 0.3) is 0 Å². The quantitative estimate of drug-likeness (QED) is 0.620. The third-order valence-corrected chi connectivity index (χ3v) is 2.56. The van der Waals surface area contributed by atoms with E-state index in [2.05, 4.69) is 5.32 Å². The van der Waals surface area contributed by atoms with Gasteiger partial charge in [-0.05, 0) is 19.8 Å². The topological polar surface area (TPSA) is 92.5 Å². The molecule has 1 saturated heterocycles. The van der Waals surface area contributed by atoms with Gasteiger partial charge in [0.25, 0.3) is 0 Å². The number of carbonyl (C=O) groups is 3. The average Bonchev–Trinajstić information content (AvgIpc) is 2.73. The normalized spacial score (nSPS) is 19.6. The number of nitrogens with one attached hydrogen (secondary N) is 1. The van der Waals surface area contributed by atoms with Crippen molar-refractivity contribution in [2.24, 2.45) is 5.73 Å². The molecule has 6 nitrogen and oxygen atoms in total. The van der Waals surface area contributed by atoms with Crippen molar-refractivity contribution in [2.45, 2.75) is 25.8 Å². The fourth-order valence-electron chi connectivity index (χ4n) is 1.78. The van der Waals surface area contributed by atoms with Crippen molar-refractivity contribution in [2.75, 3.05) is 19.6 Å². The highest BCUT2D eigenvalue weighted by atomic mass is 16.2. The predicted octanol–water partition coefficient (Wildman–Crippen LogP) is -1.36. The molecule has 1 fully saturated rings. The Balaban J connectivity index is 2.54. The zero-order valence-electron chi connectivity index (χ0n) is 9.36. The Morgan fingerprint density at radius 3 is 2.69 bits per heavy atom. The van der Waals surface area contributed by atoms with E-state index in [9.17, 15) is 14.4 Å². The maximum Gasteiger partial charge on any atom is 0.243 e. The summed E-state index contributed by atoms with van der Waals surface area (Å²) < 4.78 is 0. The van der Waals surface area contributed by atoms with Gasteiger partial charge in [-0.15, -0.1) is 0 Å². The molecule has 0 saturated carbocycles. The second-order valence-electron chi connectivity index (χ2n) is 3.87. The lowest BCUT2D eigenvalue weighted by atomic mass is 10.2. The molecule has 0 aromatic rings. The van der Waals surface area contributed by atoms with E-state index < -0.39 is 6.04 Å². The minimum absolute atomic E-state index is 0.0139. The van der Waals surface area contributed by atoms with E-state index in [4.69, 9.17) is 5.73 Å². The van der Waals surface area contributed by atoms with E-state index in [0.29, 0.717) is 13.0 Å². The Morgan fingerprint density at radius 1 is 1.44 bits per heavy atom.